The molecule has 1 aromatic carbocycles. The Morgan fingerprint density at radius 2 is 1.76 bits per heavy atom. The highest BCUT2D eigenvalue weighted by Crippen LogP contribution is 2.31. The van der Waals surface area contributed by atoms with Gasteiger partial charge in [0.1, 0.15) is 0 Å². The van der Waals surface area contributed by atoms with Gasteiger partial charge in [-0.05, 0) is 17.2 Å². The van der Waals surface area contributed by atoms with Gasteiger partial charge in [-0.2, -0.15) is 0 Å². The summed E-state index contributed by atoms with van der Waals surface area (Å²) in [6.07, 6.45) is 3.17. The zero-order valence-corrected chi connectivity index (χ0v) is 10.6. The van der Waals surface area contributed by atoms with Crippen LogP contribution in [-0.2, 0) is 0 Å². The number of fused-ring (bicyclic) bond motifs is 1. The Bertz CT molecular complexity index is 502. The Kier molecular flexibility index (Phi) is 3.43. The molecule has 2 heteroatoms. The molecule has 0 fully saturated rings. The zero-order chi connectivity index (χ0) is 12.4. The fourth-order valence-electron chi connectivity index (χ4n) is 2.02. The lowest BCUT2D eigenvalue weighted by molar-refractivity contribution is 0.0931. The SMILES string of the molecule is CC(C)C(C)C(O)c1cncc2ccccc12. The number of rotatable bonds is 3. The summed E-state index contributed by atoms with van der Waals surface area (Å²) in [4.78, 5) is 4.22. The van der Waals surface area contributed by atoms with E-state index in [2.05, 4.69) is 25.8 Å². The van der Waals surface area contributed by atoms with Crippen LogP contribution in [0.4, 0.5) is 0 Å². The summed E-state index contributed by atoms with van der Waals surface area (Å²) in [6.45, 7) is 6.34. The summed E-state index contributed by atoms with van der Waals surface area (Å²) in [5.41, 5.74) is 0.935. The molecule has 17 heavy (non-hydrogen) atoms. The lowest BCUT2D eigenvalue weighted by atomic mass is 9.87. The number of hydrogen-bond acceptors (Lipinski definition) is 2. The van der Waals surface area contributed by atoms with Crippen LogP contribution < -0.4 is 0 Å². The molecule has 0 aliphatic rings. The third-order valence-electron chi connectivity index (χ3n) is 3.57. The van der Waals surface area contributed by atoms with Crippen LogP contribution in [0.15, 0.2) is 36.7 Å². The first-order valence-electron chi connectivity index (χ1n) is 6.12. The van der Waals surface area contributed by atoms with E-state index in [0.717, 1.165) is 16.3 Å². The molecule has 0 saturated heterocycles. The fourth-order valence-corrected chi connectivity index (χ4v) is 2.02. The standard InChI is InChI=1S/C15H19NO/c1-10(2)11(3)15(17)14-9-16-8-12-6-4-5-7-13(12)14/h4-11,15,17H,1-3H3. The average molecular weight is 229 g/mol. The normalized spacial score (nSPS) is 15.1. The van der Waals surface area contributed by atoms with Crippen LogP contribution in [0, 0.1) is 11.8 Å². The minimum Gasteiger partial charge on any atom is -0.388 e. The van der Waals surface area contributed by atoms with Gasteiger partial charge < -0.3 is 5.11 Å². The quantitative estimate of drug-likeness (QED) is 0.873. The molecular weight excluding hydrogens is 210 g/mol. The highest BCUT2D eigenvalue weighted by atomic mass is 16.3. The van der Waals surface area contributed by atoms with Crippen LogP contribution in [0.25, 0.3) is 10.8 Å². The highest BCUT2D eigenvalue weighted by molar-refractivity contribution is 5.84. The van der Waals surface area contributed by atoms with E-state index in [9.17, 15) is 5.11 Å². The van der Waals surface area contributed by atoms with Crippen molar-refractivity contribution >= 4 is 10.8 Å². The maximum absolute atomic E-state index is 10.4. The van der Waals surface area contributed by atoms with Gasteiger partial charge in [0.15, 0.2) is 0 Å². The predicted molar refractivity (Wildman–Crippen MR) is 70.7 cm³/mol. The first kappa shape index (κ1) is 12.1. The van der Waals surface area contributed by atoms with Crippen molar-refractivity contribution in [1.82, 2.24) is 4.98 Å². The van der Waals surface area contributed by atoms with Crippen LogP contribution in [0.5, 0.6) is 0 Å². The first-order chi connectivity index (χ1) is 8.11. The predicted octanol–water partition coefficient (Wildman–Crippen LogP) is 3.56. The number of hydrogen-bond donors (Lipinski definition) is 1. The largest absolute Gasteiger partial charge is 0.388 e. The molecule has 2 unspecified atom stereocenters. The summed E-state index contributed by atoms with van der Waals surface area (Å²) < 4.78 is 0. The van der Waals surface area contributed by atoms with Gasteiger partial charge in [0.2, 0.25) is 0 Å². The molecule has 0 spiro atoms. The maximum atomic E-state index is 10.4. The second-order valence-electron chi connectivity index (χ2n) is 5.00. The molecule has 0 bridgehead atoms. The summed E-state index contributed by atoms with van der Waals surface area (Å²) in [6, 6.07) is 8.06. The molecule has 1 N–H and O–H groups in total. The van der Waals surface area contributed by atoms with E-state index in [0.29, 0.717) is 5.92 Å². The molecule has 2 nitrogen and oxygen atoms in total. The smallest absolute Gasteiger partial charge is 0.0838 e. The molecule has 90 valence electrons. The van der Waals surface area contributed by atoms with Crippen molar-refractivity contribution in [3.05, 3.63) is 42.2 Å². The molecule has 0 saturated carbocycles. The van der Waals surface area contributed by atoms with Gasteiger partial charge in [0, 0.05) is 23.3 Å². The van der Waals surface area contributed by atoms with E-state index >= 15 is 0 Å². The van der Waals surface area contributed by atoms with Gasteiger partial charge in [0.25, 0.3) is 0 Å². The number of aromatic nitrogens is 1. The lowest BCUT2D eigenvalue weighted by Crippen LogP contribution is -2.15. The van der Waals surface area contributed by atoms with Crippen molar-refractivity contribution < 1.29 is 5.11 Å². The average Bonchev–Trinajstić information content (AvgIpc) is 2.36. The van der Waals surface area contributed by atoms with E-state index in [-0.39, 0.29) is 5.92 Å². The van der Waals surface area contributed by atoms with E-state index in [1.54, 1.807) is 6.20 Å². The molecule has 1 heterocycles. The van der Waals surface area contributed by atoms with Gasteiger partial charge in [-0.15, -0.1) is 0 Å². The molecule has 2 aromatic rings. The first-order valence-corrected chi connectivity index (χ1v) is 6.12. The van der Waals surface area contributed by atoms with Crippen molar-refractivity contribution in [3.8, 4) is 0 Å². The minimum atomic E-state index is -0.450. The van der Waals surface area contributed by atoms with Crippen LogP contribution >= 0.6 is 0 Å². The summed E-state index contributed by atoms with van der Waals surface area (Å²) in [5.74, 6) is 0.673. The number of pyridine rings is 1. The minimum absolute atomic E-state index is 0.225. The Hall–Kier alpha value is -1.41. The summed E-state index contributed by atoms with van der Waals surface area (Å²) >= 11 is 0. The summed E-state index contributed by atoms with van der Waals surface area (Å²) in [7, 11) is 0. The number of aliphatic hydroxyl groups is 1. The van der Waals surface area contributed by atoms with E-state index in [1.807, 2.05) is 30.5 Å². The van der Waals surface area contributed by atoms with Crippen molar-refractivity contribution in [1.29, 1.82) is 0 Å². The van der Waals surface area contributed by atoms with Gasteiger partial charge in [-0.25, -0.2) is 0 Å². The second-order valence-corrected chi connectivity index (χ2v) is 5.00. The molecule has 0 aliphatic heterocycles. The van der Waals surface area contributed by atoms with Gasteiger partial charge >= 0.3 is 0 Å². The number of aliphatic hydroxyl groups excluding tert-OH is 1. The van der Waals surface area contributed by atoms with Crippen LogP contribution in [0.2, 0.25) is 0 Å². The van der Waals surface area contributed by atoms with Crippen LogP contribution in [-0.4, -0.2) is 10.1 Å². The topological polar surface area (TPSA) is 33.1 Å². The Morgan fingerprint density at radius 3 is 2.47 bits per heavy atom. The molecule has 0 amide bonds. The second kappa shape index (κ2) is 4.84. The van der Waals surface area contributed by atoms with Gasteiger partial charge in [0.05, 0.1) is 6.10 Å². The maximum Gasteiger partial charge on any atom is 0.0838 e. The van der Waals surface area contributed by atoms with Crippen molar-refractivity contribution in [2.24, 2.45) is 11.8 Å². The molecule has 1 aromatic heterocycles. The molecule has 2 rings (SSSR count). The van der Waals surface area contributed by atoms with Crippen molar-refractivity contribution in [2.45, 2.75) is 26.9 Å². The van der Waals surface area contributed by atoms with E-state index in [1.165, 1.54) is 0 Å². The van der Waals surface area contributed by atoms with Gasteiger partial charge in [-0.3, -0.25) is 4.98 Å². The van der Waals surface area contributed by atoms with Gasteiger partial charge in [-0.1, -0.05) is 45.0 Å². The Balaban J connectivity index is 2.48. The molecule has 0 aliphatic carbocycles. The molecule has 0 radical (unpaired) electrons. The number of benzene rings is 1. The molecule has 2 atom stereocenters. The van der Waals surface area contributed by atoms with Crippen molar-refractivity contribution in [2.75, 3.05) is 0 Å². The monoisotopic (exact) mass is 229 g/mol. The fraction of sp³-hybridized carbons (Fsp3) is 0.400. The zero-order valence-electron chi connectivity index (χ0n) is 10.6. The number of nitrogens with zero attached hydrogens (tertiary/aromatic N) is 1. The lowest BCUT2D eigenvalue weighted by Gasteiger charge is -2.23. The third-order valence-corrected chi connectivity index (χ3v) is 3.57. The Labute approximate surface area is 102 Å². The van der Waals surface area contributed by atoms with Crippen LogP contribution in [0.3, 0.4) is 0 Å². The van der Waals surface area contributed by atoms with E-state index in [4.69, 9.17) is 0 Å². The molecular formula is C15H19NO. The van der Waals surface area contributed by atoms with Crippen molar-refractivity contribution in [3.63, 3.8) is 0 Å². The van der Waals surface area contributed by atoms with Crippen LogP contribution in [0.1, 0.15) is 32.4 Å². The highest BCUT2D eigenvalue weighted by Gasteiger charge is 2.21. The Morgan fingerprint density at radius 1 is 1.06 bits per heavy atom. The van der Waals surface area contributed by atoms with E-state index < -0.39 is 6.10 Å². The third kappa shape index (κ3) is 2.32. The summed E-state index contributed by atoms with van der Waals surface area (Å²) in [5, 5.41) is 12.6.